The van der Waals surface area contributed by atoms with Gasteiger partial charge in [-0.3, -0.25) is 0 Å². The quantitative estimate of drug-likeness (QED) is 0.382. The molecule has 0 N–H and O–H groups in total. The molecule has 0 saturated heterocycles. The van der Waals surface area contributed by atoms with Crippen molar-refractivity contribution in [2.75, 3.05) is 6.61 Å². The molecule has 0 spiro atoms. The van der Waals surface area contributed by atoms with Crippen LogP contribution in [0.1, 0.15) is 69.7 Å². The maximum atomic E-state index is 5.89. The van der Waals surface area contributed by atoms with Gasteiger partial charge in [0.1, 0.15) is 12.4 Å². The van der Waals surface area contributed by atoms with E-state index >= 15 is 0 Å². The van der Waals surface area contributed by atoms with E-state index in [4.69, 9.17) is 4.74 Å². The molecule has 2 aromatic carbocycles. The monoisotopic (exact) mass is 413 g/mol. The van der Waals surface area contributed by atoms with E-state index in [9.17, 15) is 0 Å². The lowest BCUT2D eigenvalue weighted by Crippen LogP contribution is -2.33. The summed E-state index contributed by atoms with van der Waals surface area (Å²) < 4.78 is 8.01. The van der Waals surface area contributed by atoms with Gasteiger partial charge in [-0.15, -0.1) is 0 Å². The Hall–Kier alpha value is -2.74. The lowest BCUT2D eigenvalue weighted by molar-refractivity contribution is 0.298. The van der Waals surface area contributed by atoms with Gasteiger partial charge in [0.05, 0.1) is 6.54 Å². The van der Waals surface area contributed by atoms with Crippen LogP contribution in [0.25, 0.3) is 11.6 Å². The average molecular weight is 414 g/mol. The van der Waals surface area contributed by atoms with Gasteiger partial charge in [0.25, 0.3) is 0 Å². The van der Waals surface area contributed by atoms with Gasteiger partial charge in [-0.25, -0.2) is 0 Å². The standard InChI is InChI=1S/C29H35NO/c1-22(24-10-13-26-27(21-24)29(4,5)15-14-28(26,2)3)20-23-8-11-25(12-9-23)31-19-18-30-16-6-7-17-30/h6-13,16-17,20-21H,14-15,18-19H2,1-5H3. The number of nitrogens with zero attached hydrogens (tertiary/aromatic N) is 1. The van der Waals surface area contributed by atoms with Crippen molar-refractivity contribution in [2.45, 2.75) is 64.8 Å². The second kappa shape index (κ2) is 8.42. The van der Waals surface area contributed by atoms with Gasteiger partial charge >= 0.3 is 0 Å². The fraction of sp³-hybridized carbons (Fsp3) is 0.379. The molecule has 1 heterocycles. The summed E-state index contributed by atoms with van der Waals surface area (Å²) in [6.45, 7) is 13.3. The van der Waals surface area contributed by atoms with E-state index in [2.05, 4.69) is 100 Å². The van der Waals surface area contributed by atoms with E-state index in [1.54, 1.807) is 0 Å². The zero-order chi connectivity index (χ0) is 22.1. The predicted molar refractivity (Wildman–Crippen MR) is 132 cm³/mol. The van der Waals surface area contributed by atoms with E-state index in [0.29, 0.717) is 6.61 Å². The summed E-state index contributed by atoms with van der Waals surface area (Å²) in [6, 6.07) is 19.6. The largest absolute Gasteiger partial charge is 0.492 e. The number of rotatable bonds is 6. The summed E-state index contributed by atoms with van der Waals surface area (Å²) in [6.07, 6.45) is 8.88. The fourth-order valence-corrected chi connectivity index (χ4v) is 4.62. The van der Waals surface area contributed by atoms with E-state index in [-0.39, 0.29) is 10.8 Å². The summed E-state index contributed by atoms with van der Waals surface area (Å²) >= 11 is 0. The summed E-state index contributed by atoms with van der Waals surface area (Å²) in [5.74, 6) is 0.916. The first-order valence-corrected chi connectivity index (χ1v) is 11.4. The van der Waals surface area contributed by atoms with Crippen molar-refractivity contribution in [3.05, 3.63) is 89.2 Å². The third-order valence-electron chi connectivity index (χ3n) is 6.86. The molecule has 2 nitrogen and oxygen atoms in total. The van der Waals surface area contributed by atoms with Crippen molar-refractivity contribution >= 4 is 11.6 Å². The molecule has 1 aliphatic rings. The molecule has 0 radical (unpaired) electrons. The van der Waals surface area contributed by atoms with Crippen LogP contribution in [-0.4, -0.2) is 11.2 Å². The predicted octanol–water partition coefficient (Wildman–Crippen LogP) is 7.48. The van der Waals surface area contributed by atoms with Gasteiger partial charge in [-0.2, -0.15) is 0 Å². The van der Waals surface area contributed by atoms with E-state index in [1.807, 2.05) is 12.1 Å². The normalized spacial score (nSPS) is 17.3. The molecular weight excluding hydrogens is 378 g/mol. The van der Waals surface area contributed by atoms with Crippen molar-refractivity contribution in [3.8, 4) is 5.75 Å². The Morgan fingerprint density at radius 3 is 2.23 bits per heavy atom. The molecule has 4 rings (SSSR count). The molecule has 0 atom stereocenters. The Morgan fingerprint density at radius 1 is 0.903 bits per heavy atom. The van der Waals surface area contributed by atoms with E-state index < -0.39 is 0 Å². The smallest absolute Gasteiger partial charge is 0.119 e. The molecule has 0 aliphatic heterocycles. The highest BCUT2D eigenvalue weighted by Crippen LogP contribution is 2.46. The van der Waals surface area contributed by atoms with Crippen LogP contribution in [0.2, 0.25) is 0 Å². The first-order valence-electron chi connectivity index (χ1n) is 11.4. The van der Waals surface area contributed by atoms with Gasteiger partial charge in [-0.1, -0.05) is 64.1 Å². The molecule has 0 amide bonds. The topological polar surface area (TPSA) is 14.2 Å². The minimum atomic E-state index is 0.237. The lowest BCUT2D eigenvalue weighted by atomic mass is 9.63. The number of allylic oxidation sites excluding steroid dienone is 1. The highest BCUT2D eigenvalue weighted by atomic mass is 16.5. The summed E-state index contributed by atoms with van der Waals surface area (Å²) in [4.78, 5) is 0. The van der Waals surface area contributed by atoms with Crippen molar-refractivity contribution in [1.82, 2.24) is 4.57 Å². The van der Waals surface area contributed by atoms with Gasteiger partial charge in [0.2, 0.25) is 0 Å². The van der Waals surface area contributed by atoms with Crippen LogP contribution in [-0.2, 0) is 17.4 Å². The second-order valence-corrected chi connectivity index (χ2v) is 10.2. The van der Waals surface area contributed by atoms with Gasteiger partial charge in [0.15, 0.2) is 0 Å². The molecule has 2 heteroatoms. The van der Waals surface area contributed by atoms with Gasteiger partial charge in [-0.05, 0) is 82.7 Å². The molecule has 0 fully saturated rings. The number of benzene rings is 2. The van der Waals surface area contributed by atoms with Crippen LogP contribution in [0, 0.1) is 0 Å². The van der Waals surface area contributed by atoms with Crippen molar-refractivity contribution in [1.29, 1.82) is 0 Å². The van der Waals surface area contributed by atoms with Crippen molar-refractivity contribution in [3.63, 3.8) is 0 Å². The summed E-state index contributed by atoms with van der Waals surface area (Å²) in [5, 5.41) is 0. The third-order valence-corrected chi connectivity index (χ3v) is 6.86. The van der Waals surface area contributed by atoms with E-state index in [1.165, 1.54) is 40.7 Å². The number of hydrogen-bond donors (Lipinski definition) is 0. The lowest BCUT2D eigenvalue weighted by Gasteiger charge is -2.42. The number of aromatic nitrogens is 1. The van der Waals surface area contributed by atoms with Crippen LogP contribution in [0.3, 0.4) is 0 Å². The first-order chi connectivity index (χ1) is 14.7. The van der Waals surface area contributed by atoms with Crippen LogP contribution < -0.4 is 4.74 Å². The van der Waals surface area contributed by atoms with Gasteiger partial charge < -0.3 is 9.30 Å². The fourth-order valence-electron chi connectivity index (χ4n) is 4.62. The number of fused-ring (bicyclic) bond motifs is 1. The molecule has 0 bridgehead atoms. The zero-order valence-electron chi connectivity index (χ0n) is 19.6. The van der Waals surface area contributed by atoms with Crippen molar-refractivity contribution < 1.29 is 4.74 Å². The van der Waals surface area contributed by atoms with Crippen LogP contribution in [0.15, 0.2) is 67.0 Å². The minimum Gasteiger partial charge on any atom is -0.492 e. The molecule has 0 saturated carbocycles. The van der Waals surface area contributed by atoms with Crippen molar-refractivity contribution in [2.24, 2.45) is 0 Å². The van der Waals surface area contributed by atoms with Crippen LogP contribution in [0.4, 0.5) is 0 Å². The SMILES string of the molecule is CC(=Cc1ccc(OCCn2cccc2)cc1)c1ccc2c(c1)C(C)(C)CCC2(C)C. The summed E-state index contributed by atoms with van der Waals surface area (Å²) in [5.41, 5.74) is 7.34. The average Bonchev–Trinajstić information content (AvgIpc) is 3.26. The molecule has 31 heavy (non-hydrogen) atoms. The maximum Gasteiger partial charge on any atom is 0.119 e. The zero-order valence-corrected chi connectivity index (χ0v) is 19.6. The Labute approximate surface area is 187 Å². The second-order valence-electron chi connectivity index (χ2n) is 10.2. The minimum absolute atomic E-state index is 0.237. The third kappa shape index (κ3) is 4.79. The molecular formula is C29H35NO. The number of ether oxygens (including phenoxy) is 1. The Bertz CT molecular complexity index is 1050. The Morgan fingerprint density at radius 2 is 1.55 bits per heavy atom. The maximum absolute atomic E-state index is 5.89. The summed E-state index contributed by atoms with van der Waals surface area (Å²) in [7, 11) is 0. The Kier molecular flexibility index (Phi) is 5.83. The first kappa shape index (κ1) is 21.5. The molecule has 162 valence electrons. The van der Waals surface area contributed by atoms with Crippen LogP contribution in [0.5, 0.6) is 5.75 Å². The Balaban J connectivity index is 1.48. The van der Waals surface area contributed by atoms with E-state index in [0.717, 1.165) is 12.3 Å². The molecule has 0 unspecified atom stereocenters. The van der Waals surface area contributed by atoms with Gasteiger partial charge in [0, 0.05) is 12.4 Å². The highest BCUT2D eigenvalue weighted by Gasteiger charge is 2.36. The molecule has 1 aromatic heterocycles. The number of hydrogen-bond acceptors (Lipinski definition) is 1. The highest BCUT2D eigenvalue weighted by molar-refractivity contribution is 5.80. The molecule has 1 aliphatic carbocycles. The van der Waals surface area contributed by atoms with Crippen LogP contribution >= 0.6 is 0 Å². The molecule has 3 aromatic rings.